The van der Waals surface area contributed by atoms with Crippen molar-refractivity contribution in [1.29, 1.82) is 0 Å². The number of anilines is 2. The van der Waals surface area contributed by atoms with Crippen LogP contribution in [0.2, 0.25) is 0 Å². The van der Waals surface area contributed by atoms with E-state index in [4.69, 9.17) is 0 Å². The van der Waals surface area contributed by atoms with E-state index in [-0.39, 0.29) is 18.3 Å². The van der Waals surface area contributed by atoms with Gasteiger partial charge in [0.1, 0.15) is 5.82 Å². The van der Waals surface area contributed by atoms with E-state index in [2.05, 4.69) is 15.3 Å². The summed E-state index contributed by atoms with van der Waals surface area (Å²) in [4.78, 5) is 22.6. The van der Waals surface area contributed by atoms with Crippen molar-refractivity contribution in [2.24, 2.45) is 5.92 Å². The molecule has 28 heavy (non-hydrogen) atoms. The molecule has 1 amide bonds. The first-order valence-corrected chi connectivity index (χ1v) is 9.67. The third-order valence-corrected chi connectivity index (χ3v) is 5.66. The molecule has 0 aliphatic carbocycles. The summed E-state index contributed by atoms with van der Waals surface area (Å²) in [6.07, 6.45) is -1.91. The van der Waals surface area contributed by atoms with Crippen LogP contribution in [-0.4, -0.2) is 29.0 Å². The first kappa shape index (κ1) is 18.7. The van der Waals surface area contributed by atoms with Crippen LogP contribution in [0.25, 0.3) is 10.2 Å². The Hall–Kier alpha value is -2.68. The van der Waals surface area contributed by atoms with Crippen molar-refractivity contribution in [3.8, 4) is 0 Å². The molecule has 1 fully saturated rings. The van der Waals surface area contributed by atoms with E-state index < -0.39 is 17.7 Å². The molecule has 0 bridgehead atoms. The summed E-state index contributed by atoms with van der Waals surface area (Å²) >= 11 is 1.37. The molecule has 4 rings (SSSR count). The number of para-hydroxylation sites is 1. The monoisotopic (exact) mass is 406 g/mol. The van der Waals surface area contributed by atoms with Gasteiger partial charge >= 0.3 is 6.18 Å². The van der Waals surface area contributed by atoms with Gasteiger partial charge in [-0.05, 0) is 37.1 Å². The molecular formula is C19H17F3N4OS. The molecule has 3 heterocycles. The normalized spacial score (nSPS) is 17.7. The summed E-state index contributed by atoms with van der Waals surface area (Å²) in [6, 6.07) is 9.85. The molecule has 1 N–H and O–H groups in total. The van der Waals surface area contributed by atoms with Crippen LogP contribution >= 0.6 is 11.3 Å². The number of piperidine rings is 1. The number of aromatic nitrogens is 2. The van der Waals surface area contributed by atoms with Crippen molar-refractivity contribution in [3.05, 3.63) is 48.2 Å². The molecule has 2 aromatic heterocycles. The summed E-state index contributed by atoms with van der Waals surface area (Å²) in [5.41, 5.74) is 0.0265. The fourth-order valence-electron chi connectivity index (χ4n) is 3.39. The van der Waals surface area contributed by atoms with Gasteiger partial charge in [0.15, 0.2) is 5.13 Å². The molecule has 5 nitrogen and oxygen atoms in total. The summed E-state index contributed by atoms with van der Waals surface area (Å²) < 4.78 is 40.8. The minimum Gasteiger partial charge on any atom is -0.355 e. The van der Waals surface area contributed by atoms with E-state index in [0.29, 0.717) is 24.5 Å². The lowest BCUT2D eigenvalue weighted by Crippen LogP contribution is -2.41. The molecular weight excluding hydrogens is 389 g/mol. The summed E-state index contributed by atoms with van der Waals surface area (Å²) in [6.45, 7) is 0.627. The first-order valence-electron chi connectivity index (χ1n) is 8.85. The average molecular weight is 406 g/mol. The number of rotatable bonds is 3. The molecule has 0 saturated carbocycles. The number of carbonyl (C=O) groups excluding carboxylic acids is 1. The molecule has 1 aromatic carbocycles. The number of hydrogen-bond acceptors (Lipinski definition) is 5. The molecule has 1 atom stereocenters. The second kappa shape index (κ2) is 7.38. The van der Waals surface area contributed by atoms with Crippen molar-refractivity contribution in [2.45, 2.75) is 19.0 Å². The van der Waals surface area contributed by atoms with E-state index in [0.717, 1.165) is 16.3 Å². The SMILES string of the molecule is O=C(Nc1nc2ccccc2s1)C1CCCN(c2ncccc2C(F)(F)F)C1. The third-order valence-electron chi connectivity index (χ3n) is 4.71. The number of halogens is 3. The molecule has 146 valence electrons. The lowest BCUT2D eigenvalue weighted by atomic mass is 9.97. The minimum absolute atomic E-state index is 0.118. The Labute approximate surface area is 163 Å². The van der Waals surface area contributed by atoms with Crippen molar-refractivity contribution in [1.82, 2.24) is 9.97 Å². The van der Waals surface area contributed by atoms with Crippen LogP contribution < -0.4 is 10.2 Å². The third kappa shape index (κ3) is 3.80. The van der Waals surface area contributed by atoms with E-state index >= 15 is 0 Å². The van der Waals surface area contributed by atoms with Gasteiger partial charge in [-0.3, -0.25) is 4.79 Å². The zero-order chi connectivity index (χ0) is 19.7. The van der Waals surface area contributed by atoms with Gasteiger partial charge in [0.05, 0.1) is 21.7 Å². The van der Waals surface area contributed by atoms with Gasteiger partial charge in [0.2, 0.25) is 5.91 Å². The zero-order valence-corrected chi connectivity index (χ0v) is 15.6. The van der Waals surface area contributed by atoms with Gasteiger partial charge < -0.3 is 10.2 Å². The Morgan fingerprint density at radius 2 is 2.04 bits per heavy atom. The standard InChI is InChI=1S/C19H17F3N4OS/c20-19(21,22)13-6-3-9-23-16(13)26-10-4-5-12(11-26)17(27)25-18-24-14-7-1-2-8-15(14)28-18/h1-3,6-9,12H,4-5,10-11H2,(H,24,25,27). The fourth-order valence-corrected chi connectivity index (χ4v) is 4.26. The molecule has 1 aliphatic rings. The summed E-state index contributed by atoms with van der Waals surface area (Å²) in [7, 11) is 0. The number of carbonyl (C=O) groups is 1. The van der Waals surface area contributed by atoms with Crippen molar-refractivity contribution in [3.63, 3.8) is 0 Å². The van der Waals surface area contributed by atoms with Crippen molar-refractivity contribution in [2.75, 3.05) is 23.3 Å². The van der Waals surface area contributed by atoms with Crippen molar-refractivity contribution >= 4 is 38.4 Å². The van der Waals surface area contributed by atoms with Crippen LogP contribution in [0, 0.1) is 5.92 Å². The number of alkyl halides is 3. The maximum Gasteiger partial charge on any atom is 0.419 e. The molecule has 9 heteroatoms. The number of hydrogen-bond donors (Lipinski definition) is 1. The van der Waals surface area contributed by atoms with Gasteiger partial charge in [-0.15, -0.1) is 0 Å². The van der Waals surface area contributed by atoms with Gasteiger partial charge in [0.25, 0.3) is 0 Å². The quantitative estimate of drug-likeness (QED) is 0.693. The average Bonchev–Trinajstić information content (AvgIpc) is 3.09. The van der Waals surface area contributed by atoms with Crippen molar-refractivity contribution < 1.29 is 18.0 Å². The maximum atomic E-state index is 13.3. The predicted molar refractivity (Wildman–Crippen MR) is 102 cm³/mol. The Balaban J connectivity index is 1.50. The Kier molecular flexibility index (Phi) is 4.92. The topological polar surface area (TPSA) is 58.1 Å². The fraction of sp³-hybridized carbons (Fsp3) is 0.316. The molecule has 3 aromatic rings. The highest BCUT2D eigenvalue weighted by Gasteiger charge is 2.37. The number of benzene rings is 1. The number of thiazole rings is 1. The second-order valence-corrected chi connectivity index (χ2v) is 7.66. The van der Waals surface area contributed by atoms with Gasteiger partial charge in [0, 0.05) is 19.3 Å². The van der Waals surface area contributed by atoms with E-state index in [1.54, 1.807) is 4.90 Å². The Morgan fingerprint density at radius 3 is 2.82 bits per heavy atom. The van der Waals surface area contributed by atoms with Gasteiger partial charge in [-0.2, -0.15) is 13.2 Å². The largest absolute Gasteiger partial charge is 0.419 e. The number of pyridine rings is 1. The molecule has 1 saturated heterocycles. The first-order chi connectivity index (χ1) is 13.4. The molecule has 0 radical (unpaired) electrons. The minimum atomic E-state index is -4.49. The highest BCUT2D eigenvalue weighted by molar-refractivity contribution is 7.22. The predicted octanol–water partition coefficient (Wildman–Crippen LogP) is 4.57. The second-order valence-electron chi connectivity index (χ2n) is 6.63. The molecule has 1 aliphatic heterocycles. The number of nitrogens with zero attached hydrogens (tertiary/aromatic N) is 3. The maximum absolute atomic E-state index is 13.3. The summed E-state index contributed by atoms with van der Waals surface area (Å²) in [5, 5.41) is 3.31. The number of amides is 1. The van der Waals surface area contributed by atoms with Crippen LogP contribution in [0.5, 0.6) is 0 Å². The highest BCUT2D eigenvalue weighted by Crippen LogP contribution is 2.36. The van der Waals surface area contributed by atoms with Gasteiger partial charge in [-0.25, -0.2) is 9.97 Å². The van der Waals surface area contributed by atoms with Crippen LogP contribution in [0.3, 0.4) is 0 Å². The van der Waals surface area contributed by atoms with Crippen LogP contribution in [-0.2, 0) is 11.0 Å². The van der Waals surface area contributed by atoms with Crippen LogP contribution in [0.4, 0.5) is 24.1 Å². The number of nitrogens with one attached hydrogen (secondary N) is 1. The smallest absolute Gasteiger partial charge is 0.355 e. The number of fused-ring (bicyclic) bond motifs is 1. The molecule has 0 spiro atoms. The summed E-state index contributed by atoms with van der Waals surface area (Å²) in [5.74, 6) is -0.774. The molecule has 1 unspecified atom stereocenters. The van der Waals surface area contributed by atoms with E-state index in [1.807, 2.05) is 24.3 Å². The zero-order valence-electron chi connectivity index (χ0n) is 14.7. The Bertz CT molecular complexity index is 971. The van der Waals surface area contributed by atoms with E-state index in [9.17, 15) is 18.0 Å². The van der Waals surface area contributed by atoms with Crippen LogP contribution in [0.15, 0.2) is 42.6 Å². The van der Waals surface area contributed by atoms with Gasteiger partial charge in [-0.1, -0.05) is 23.5 Å². The lowest BCUT2D eigenvalue weighted by Gasteiger charge is -2.34. The Morgan fingerprint density at radius 1 is 1.21 bits per heavy atom. The lowest BCUT2D eigenvalue weighted by molar-refractivity contribution is -0.137. The van der Waals surface area contributed by atoms with E-state index in [1.165, 1.54) is 23.6 Å². The van der Waals surface area contributed by atoms with Crippen LogP contribution in [0.1, 0.15) is 18.4 Å². The highest BCUT2D eigenvalue weighted by atomic mass is 32.1.